The lowest BCUT2D eigenvalue weighted by atomic mass is 10.1. The Morgan fingerprint density at radius 3 is 2.70 bits per heavy atom. The number of hydrogen-bond donors (Lipinski definition) is 1. The van der Waals surface area contributed by atoms with E-state index in [-0.39, 0.29) is 5.91 Å². The van der Waals surface area contributed by atoms with E-state index in [4.69, 9.17) is 9.47 Å². The largest absolute Gasteiger partial charge is 0.497 e. The number of hydrogen-bond acceptors (Lipinski definition) is 3. The predicted molar refractivity (Wildman–Crippen MR) is 81.1 cm³/mol. The molecule has 1 aromatic rings. The summed E-state index contributed by atoms with van der Waals surface area (Å²) in [5, 5.41) is 2.86. The molecule has 0 aliphatic heterocycles. The van der Waals surface area contributed by atoms with Crippen LogP contribution < -0.4 is 14.8 Å². The lowest BCUT2D eigenvalue weighted by Crippen LogP contribution is -2.21. The molecule has 0 bridgehead atoms. The van der Waals surface area contributed by atoms with Crippen molar-refractivity contribution in [2.75, 3.05) is 20.8 Å². The Morgan fingerprint density at radius 1 is 1.25 bits per heavy atom. The van der Waals surface area contributed by atoms with Gasteiger partial charge in [-0.1, -0.05) is 19.8 Å². The molecular weight excluding hydrogens is 254 g/mol. The fraction of sp³-hybridized carbons (Fsp3) is 0.438. The second-order valence-electron chi connectivity index (χ2n) is 4.44. The first-order valence-corrected chi connectivity index (χ1v) is 6.89. The van der Waals surface area contributed by atoms with Crippen LogP contribution in [0.15, 0.2) is 24.3 Å². The van der Waals surface area contributed by atoms with Gasteiger partial charge in [0.25, 0.3) is 0 Å². The number of methoxy groups -OCH3 is 2. The predicted octanol–water partition coefficient (Wildman–Crippen LogP) is 3.02. The van der Waals surface area contributed by atoms with Crippen LogP contribution in [0.4, 0.5) is 0 Å². The van der Waals surface area contributed by atoms with E-state index < -0.39 is 0 Å². The molecule has 4 nitrogen and oxygen atoms in total. The Morgan fingerprint density at radius 2 is 2.05 bits per heavy atom. The second-order valence-corrected chi connectivity index (χ2v) is 4.44. The van der Waals surface area contributed by atoms with Gasteiger partial charge in [-0.25, -0.2) is 0 Å². The lowest BCUT2D eigenvalue weighted by Gasteiger charge is -2.07. The highest BCUT2D eigenvalue weighted by atomic mass is 16.5. The number of unbranched alkanes of at least 4 members (excludes halogenated alkanes) is 2. The molecule has 1 amide bonds. The number of benzene rings is 1. The summed E-state index contributed by atoms with van der Waals surface area (Å²) in [6.45, 7) is 2.85. The van der Waals surface area contributed by atoms with Crippen molar-refractivity contribution < 1.29 is 14.3 Å². The molecule has 1 N–H and O–H groups in total. The highest BCUT2D eigenvalue weighted by Crippen LogP contribution is 2.24. The van der Waals surface area contributed by atoms with Crippen LogP contribution in [0.3, 0.4) is 0 Å². The molecule has 4 heteroatoms. The van der Waals surface area contributed by atoms with E-state index in [0.29, 0.717) is 12.3 Å². The van der Waals surface area contributed by atoms with Gasteiger partial charge < -0.3 is 14.8 Å². The van der Waals surface area contributed by atoms with E-state index in [1.807, 2.05) is 18.2 Å². The number of ether oxygens (including phenoxy) is 2. The van der Waals surface area contributed by atoms with Crippen molar-refractivity contribution in [2.45, 2.75) is 26.2 Å². The van der Waals surface area contributed by atoms with Gasteiger partial charge in [0.2, 0.25) is 5.91 Å². The molecule has 0 radical (unpaired) electrons. The van der Waals surface area contributed by atoms with Crippen molar-refractivity contribution >= 4 is 12.0 Å². The molecule has 0 unspecified atom stereocenters. The van der Waals surface area contributed by atoms with E-state index in [1.54, 1.807) is 20.3 Å². The summed E-state index contributed by atoms with van der Waals surface area (Å²) < 4.78 is 10.4. The summed E-state index contributed by atoms with van der Waals surface area (Å²) in [6, 6.07) is 5.47. The van der Waals surface area contributed by atoms with Crippen LogP contribution in [-0.2, 0) is 4.79 Å². The van der Waals surface area contributed by atoms with Crippen LogP contribution in [0.25, 0.3) is 6.08 Å². The van der Waals surface area contributed by atoms with Crippen LogP contribution in [0, 0.1) is 0 Å². The fourth-order valence-electron chi connectivity index (χ4n) is 1.78. The lowest BCUT2D eigenvalue weighted by molar-refractivity contribution is -0.116. The van der Waals surface area contributed by atoms with Crippen LogP contribution >= 0.6 is 0 Å². The van der Waals surface area contributed by atoms with E-state index in [9.17, 15) is 4.79 Å². The van der Waals surface area contributed by atoms with Gasteiger partial charge in [0.1, 0.15) is 11.5 Å². The van der Waals surface area contributed by atoms with Gasteiger partial charge in [-0.2, -0.15) is 0 Å². The van der Waals surface area contributed by atoms with Gasteiger partial charge in [0.05, 0.1) is 14.2 Å². The van der Waals surface area contributed by atoms with Gasteiger partial charge in [0.15, 0.2) is 0 Å². The molecular formula is C16H23NO3. The fourth-order valence-corrected chi connectivity index (χ4v) is 1.78. The first-order valence-electron chi connectivity index (χ1n) is 6.89. The Labute approximate surface area is 120 Å². The normalized spacial score (nSPS) is 10.6. The summed E-state index contributed by atoms with van der Waals surface area (Å²) in [4.78, 5) is 11.7. The van der Waals surface area contributed by atoms with Crippen molar-refractivity contribution in [3.8, 4) is 11.5 Å². The van der Waals surface area contributed by atoms with Gasteiger partial charge in [-0.3, -0.25) is 4.79 Å². The molecule has 110 valence electrons. The molecule has 0 spiro atoms. The summed E-state index contributed by atoms with van der Waals surface area (Å²) in [6.07, 6.45) is 6.54. The maximum atomic E-state index is 11.7. The van der Waals surface area contributed by atoms with Crippen molar-refractivity contribution in [3.05, 3.63) is 29.8 Å². The molecule has 20 heavy (non-hydrogen) atoms. The topological polar surface area (TPSA) is 47.6 Å². The zero-order chi connectivity index (χ0) is 14.8. The van der Waals surface area contributed by atoms with Crippen LogP contribution in [0.1, 0.15) is 31.7 Å². The van der Waals surface area contributed by atoms with Crippen LogP contribution in [0.5, 0.6) is 11.5 Å². The molecule has 0 saturated heterocycles. The molecule has 0 aliphatic rings. The number of amides is 1. The molecule has 0 saturated carbocycles. The third-order valence-corrected chi connectivity index (χ3v) is 2.93. The minimum Gasteiger partial charge on any atom is -0.497 e. The third kappa shape index (κ3) is 5.34. The average Bonchev–Trinajstić information content (AvgIpc) is 2.49. The van der Waals surface area contributed by atoms with E-state index in [0.717, 1.165) is 30.6 Å². The van der Waals surface area contributed by atoms with Gasteiger partial charge in [-0.15, -0.1) is 0 Å². The molecule has 1 aromatic carbocycles. The van der Waals surface area contributed by atoms with Crippen LogP contribution in [-0.4, -0.2) is 26.7 Å². The maximum absolute atomic E-state index is 11.7. The minimum absolute atomic E-state index is 0.0917. The third-order valence-electron chi connectivity index (χ3n) is 2.93. The highest BCUT2D eigenvalue weighted by molar-refractivity contribution is 5.92. The second kappa shape index (κ2) is 9.02. The van der Waals surface area contributed by atoms with Crippen molar-refractivity contribution in [1.29, 1.82) is 0 Å². The van der Waals surface area contributed by atoms with Crippen molar-refractivity contribution in [2.24, 2.45) is 0 Å². The Balaban J connectivity index is 2.61. The average molecular weight is 277 g/mol. The number of nitrogens with one attached hydrogen (secondary N) is 1. The molecule has 0 fully saturated rings. The van der Waals surface area contributed by atoms with E-state index >= 15 is 0 Å². The first-order chi connectivity index (χ1) is 9.71. The Bertz CT molecular complexity index is 455. The first kappa shape index (κ1) is 16.1. The molecule has 0 aliphatic carbocycles. The summed E-state index contributed by atoms with van der Waals surface area (Å²) in [5.41, 5.74) is 0.815. The molecule has 0 atom stereocenters. The van der Waals surface area contributed by atoms with Gasteiger partial charge >= 0.3 is 0 Å². The van der Waals surface area contributed by atoms with E-state index in [2.05, 4.69) is 12.2 Å². The van der Waals surface area contributed by atoms with E-state index in [1.165, 1.54) is 6.08 Å². The molecule has 0 heterocycles. The summed E-state index contributed by atoms with van der Waals surface area (Å²) in [5.74, 6) is 1.35. The SMILES string of the molecule is CCCCCNC(=O)/C=C/c1cc(OC)ccc1OC. The van der Waals surface area contributed by atoms with Crippen LogP contribution in [0.2, 0.25) is 0 Å². The zero-order valence-corrected chi connectivity index (χ0v) is 12.4. The standard InChI is InChI=1S/C16H23NO3/c1-4-5-6-11-17-16(18)10-7-13-12-14(19-2)8-9-15(13)20-3/h7-10,12H,4-6,11H2,1-3H3,(H,17,18)/b10-7+. The van der Waals surface area contributed by atoms with Crippen molar-refractivity contribution in [3.63, 3.8) is 0 Å². The number of carbonyl (C=O) groups excluding carboxylic acids is 1. The number of rotatable bonds is 8. The highest BCUT2D eigenvalue weighted by Gasteiger charge is 2.02. The van der Waals surface area contributed by atoms with Gasteiger partial charge in [0, 0.05) is 18.2 Å². The molecule has 1 rings (SSSR count). The molecule has 0 aromatic heterocycles. The summed E-state index contributed by atoms with van der Waals surface area (Å²) >= 11 is 0. The van der Waals surface area contributed by atoms with Crippen molar-refractivity contribution in [1.82, 2.24) is 5.32 Å². The minimum atomic E-state index is -0.0917. The monoisotopic (exact) mass is 277 g/mol. The quantitative estimate of drug-likeness (QED) is 0.587. The Kier molecular flexibility index (Phi) is 7.25. The number of carbonyl (C=O) groups is 1. The Hall–Kier alpha value is -1.97. The summed E-state index contributed by atoms with van der Waals surface area (Å²) in [7, 11) is 3.21. The van der Waals surface area contributed by atoms with Gasteiger partial charge in [-0.05, 0) is 30.7 Å². The smallest absolute Gasteiger partial charge is 0.244 e. The zero-order valence-electron chi connectivity index (χ0n) is 12.4. The maximum Gasteiger partial charge on any atom is 0.244 e.